The zero-order chi connectivity index (χ0) is 9.80. The predicted octanol–water partition coefficient (Wildman–Crippen LogP) is 1.34. The largest absolute Gasteiger partial charge is 0.329 e. The van der Waals surface area contributed by atoms with Crippen LogP contribution in [0.15, 0.2) is 24.3 Å². The van der Waals surface area contributed by atoms with Gasteiger partial charge in [-0.05, 0) is 12.1 Å². The van der Waals surface area contributed by atoms with Gasteiger partial charge in [-0.1, -0.05) is 12.1 Å². The fraction of sp³-hybridized carbons (Fsp3) is 0.300. The Kier molecular flexibility index (Phi) is 3.08. The molecule has 0 atom stereocenters. The summed E-state index contributed by atoms with van der Waals surface area (Å²) in [5, 5.41) is 4.36. The highest BCUT2D eigenvalue weighted by Crippen LogP contribution is 2.20. The Morgan fingerprint density at radius 2 is 2.21 bits per heavy atom. The van der Waals surface area contributed by atoms with Crippen LogP contribution >= 0.6 is 11.3 Å². The molecule has 0 radical (unpaired) electrons. The fourth-order valence-electron chi connectivity index (χ4n) is 1.29. The molecular formula is C10H13N3S. The minimum atomic E-state index is 0.672. The van der Waals surface area contributed by atoms with Crippen LogP contribution < -0.4 is 11.1 Å². The van der Waals surface area contributed by atoms with E-state index in [-0.39, 0.29) is 0 Å². The summed E-state index contributed by atoms with van der Waals surface area (Å²) in [6.07, 6.45) is 0. The van der Waals surface area contributed by atoms with Gasteiger partial charge >= 0.3 is 0 Å². The first kappa shape index (κ1) is 9.58. The second-order valence-electron chi connectivity index (χ2n) is 3.04. The van der Waals surface area contributed by atoms with Crippen LogP contribution in [0.2, 0.25) is 0 Å². The summed E-state index contributed by atoms with van der Waals surface area (Å²) in [4.78, 5) is 4.50. The Morgan fingerprint density at radius 3 is 3.00 bits per heavy atom. The monoisotopic (exact) mass is 207 g/mol. The molecular weight excluding hydrogens is 194 g/mol. The third-order valence-corrected chi connectivity index (χ3v) is 2.97. The second-order valence-corrected chi connectivity index (χ2v) is 4.16. The van der Waals surface area contributed by atoms with E-state index < -0.39 is 0 Å². The smallest absolute Gasteiger partial charge is 0.108 e. The van der Waals surface area contributed by atoms with Crippen molar-refractivity contribution < 1.29 is 0 Å². The van der Waals surface area contributed by atoms with E-state index >= 15 is 0 Å². The normalized spacial score (nSPS) is 10.9. The molecule has 0 bridgehead atoms. The zero-order valence-corrected chi connectivity index (χ0v) is 8.68. The second kappa shape index (κ2) is 4.50. The summed E-state index contributed by atoms with van der Waals surface area (Å²) in [6.45, 7) is 2.33. The molecule has 1 heterocycles. The van der Waals surface area contributed by atoms with Crippen molar-refractivity contribution in [3.8, 4) is 0 Å². The van der Waals surface area contributed by atoms with E-state index in [4.69, 9.17) is 5.73 Å². The molecule has 0 unspecified atom stereocenters. The maximum absolute atomic E-state index is 5.39. The van der Waals surface area contributed by atoms with E-state index in [0.29, 0.717) is 6.54 Å². The number of hydrogen-bond acceptors (Lipinski definition) is 4. The zero-order valence-electron chi connectivity index (χ0n) is 7.86. The first-order valence-corrected chi connectivity index (χ1v) is 5.47. The van der Waals surface area contributed by atoms with E-state index in [0.717, 1.165) is 23.6 Å². The van der Waals surface area contributed by atoms with Crippen LogP contribution in [0.5, 0.6) is 0 Å². The van der Waals surface area contributed by atoms with Crippen molar-refractivity contribution in [2.24, 2.45) is 5.73 Å². The summed E-state index contributed by atoms with van der Waals surface area (Å²) in [5.74, 6) is 0. The number of nitrogens with one attached hydrogen (secondary N) is 1. The Hall–Kier alpha value is -0.970. The van der Waals surface area contributed by atoms with Gasteiger partial charge in [0.2, 0.25) is 0 Å². The predicted molar refractivity (Wildman–Crippen MR) is 60.4 cm³/mol. The van der Waals surface area contributed by atoms with E-state index in [1.807, 2.05) is 18.2 Å². The highest BCUT2D eigenvalue weighted by molar-refractivity contribution is 7.18. The lowest BCUT2D eigenvalue weighted by Crippen LogP contribution is -2.21. The van der Waals surface area contributed by atoms with Gasteiger partial charge < -0.3 is 11.1 Å². The Morgan fingerprint density at radius 1 is 1.36 bits per heavy atom. The molecule has 3 N–H and O–H groups in total. The van der Waals surface area contributed by atoms with E-state index in [9.17, 15) is 0 Å². The van der Waals surface area contributed by atoms with Crippen molar-refractivity contribution in [1.82, 2.24) is 10.3 Å². The van der Waals surface area contributed by atoms with E-state index in [2.05, 4.69) is 16.4 Å². The molecule has 0 aliphatic heterocycles. The summed E-state index contributed by atoms with van der Waals surface area (Å²) in [5.41, 5.74) is 6.47. The first-order valence-electron chi connectivity index (χ1n) is 4.65. The van der Waals surface area contributed by atoms with Crippen molar-refractivity contribution in [2.45, 2.75) is 6.54 Å². The minimum absolute atomic E-state index is 0.672. The molecule has 4 heteroatoms. The summed E-state index contributed by atoms with van der Waals surface area (Å²) in [7, 11) is 0. The van der Waals surface area contributed by atoms with Gasteiger partial charge in [-0.3, -0.25) is 0 Å². The van der Waals surface area contributed by atoms with Crippen molar-refractivity contribution in [2.75, 3.05) is 13.1 Å². The van der Waals surface area contributed by atoms with Gasteiger partial charge in [0, 0.05) is 19.6 Å². The summed E-state index contributed by atoms with van der Waals surface area (Å²) in [6, 6.07) is 8.19. The molecule has 2 aromatic rings. The SMILES string of the molecule is NCCNCc1nc2ccccc2s1. The molecule has 1 aromatic heterocycles. The molecule has 14 heavy (non-hydrogen) atoms. The number of nitrogens with zero attached hydrogens (tertiary/aromatic N) is 1. The highest BCUT2D eigenvalue weighted by atomic mass is 32.1. The van der Waals surface area contributed by atoms with Gasteiger partial charge in [0.25, 0.3) is 0 Å². The third kappa shape index (κ3) is 2.09. The minimum Gasteiger partial charge on any atom is -0.329 e. The average Bonchev–Trinajstić information content (AvgIpc) is 2.60. The molecule has 0 spiro atoms. The maximum Gasteiger partial charge on any atom is 0.108 e. The van der Waals surface area contributed by atoms with Crippen molar-refractivity contribution in [3.05, 3.63) is 29.3 Å². The van der Waals surface area contributed by atoms with Gasteiger partial charge in [-0.15, -0.1) is 11.3 Å². The Labute approximate surface area is 87.0 Å². The number of aromatic nitrogens is 1. The molecule has 74 valence electrons. The molecule has 0 aliphatic carbocycles. The van der Waals surface area contributed by atoms with Crippen molar-refractivity contribution >= 4 is 21.6 Å². The summed E-state index contributed by atoms with van der Waals surface area (Å²) >= 11 is 1.73. The molecule has 0 fully saturated rings. The summed E-state index contributed by atoms with van der Waals surface area (Å²) < 4.78 is 1.25. The standard InChI is InChI=1S/C10H13N3S/c11-5-6-12-7-10-13-8-3-1-2-4-9(8)14-10/h1-4,12H,5-7,11H2. The first-order chi connectivity index (χ1) is 6.90. The van der Waals surface area contributed by atoms with Crippen LogP contribution in [0.25, 0.3) is 10.2 Å². The van der Waals surface area contributed by atoms with Crippen LogP contribution in [0.1, 0.15) is 5.01 Å². The topological polar surface area (TPSA) is 50.9 Å². The lowest BCUT2D eigenvalue weighted by Gasteiger charge is -1.97. The van der Waals surface area contributed by atoms with Crippen LogP contribution in [0.3, 0.4) is 0 Å². The molecule has 1 aromatic carbocycles. The van der Waals surface area contributed by atoms with Gasteiger partial charge in [0.1, 0.15) is 5.01 Å². The number of hydrogen-bond donors (Lipinski definition) is 2. The molecule has 0 saturated carbocycles. The number of thiazole rings is 1. The average molecular weight is 207 g/mol. The third-order valence-electron chi connectivity index (χ3n) is 1.94. The van der Waals surface area contributed by atoms with E-state index in [1.54, 1.807) is 11.3 Å². The van der Waals surface area contributed by atoms with Crippen LogP contribution in [-0.2, 0) is 6.54 Å². The van der Waals surface area contributed by atoms with Gasteiger partial charge in [0.05, 0.1) is 10.2 Å². The Bertz CT molecular complexity index is 377. The number of rotatable bonds is 4. The van der Waals surface area contributed by atoms with Gasteiger partial charge in [0.15, 0.2) is 0 Å². The number of nitrogens with two attached hydrogens (primary N) is 1. The molecule has 0 aliphatic rings. The molecule has 0 amide bonds. The van der Waals surface area contributed by atoms with Crippen LogP contribution in [0.4, 0.5) is 0 Å². The maximum atomic E-state index is 5.39. The lowest BCUT2D eigenvalue weighted by molar-refractivity contribution is 0.693. The fourth-order valence-corrected chi connectivity index (χ4v) is 2.23. The van der Waals surface area contributed by atoms with Crippen molar-refractivity contribution in [3.63, 3.8) is 0 Å². The lowest BCUT2D eigenvalue weighted by atomic mass is 10.3. The molecule has 0 saturated heterocycles. The van der Waals surface area contributed by atoms with Crippen LogP contribution in [0, 0.1) is 0 Å². The van der Waals surface area contributed by atoms with Gasteiger partial charge in [-0.25, -0.2) is 4.98 Å². The number of fused-ring (bicyclic) bond motifs is 1. The highest BCUT2D eigenvalue weighted by Gasteiger charge is 2.01. The Balaban J connectivity index is 2.11. The molecule has 3 nitrogen and oxygen atoms in total. The number of benzene rings is 1. The van der Waals surface area contributed by atoms with Crippen molar-refractivity contribution in [1.29, 1.82) is 0 Å². The quantitative estimate of drug-likeness (QED) is 0.744. The van der Waals surface area contributed by atoms with Gasteiger partial charge in [-0.2, -0.15) is 0 Å². The number of para-hydroxylation sites is 1. The molecule has 2 rings (SSSR count). The van der Waals surface area contributed by atoms with E-state index in [1.165, 1.54) is 4.70 Å². The van der Waals surface area contributed by atoms with Crippen LogP contribution in [-0.4, -0.2) is 18.1 Å².